The third-order valence-corrected chi connectivity index (χ3v) is 4.87. The molecule has 1 aliphatic rings. The summed E-state index contributed by atoms with van der Waals surface area (Å²) in [6.45, 7) is 1.23. The van der Waals surface area contributed by atoms with E-state index >= 15 is 0 Å². The summed E-state index contributed by atoms with van der Waals surface area (Å²) in [6.07, 6.45) is 0.527. The number of hydrogen-bond donors (Lipinski definition) is 2. The zero-order valence-corrected chi connectivity index (χ0v) is 14.0. The Hall–Kier alpha value is -1.69. The van der Waals surface area contributed by atoms with Gasteiger partial charge >= 0.3 is 0 Å². The average Bonchev–Trinajstić information content (AvgIpc) is 3.03. The van der Waals surface area contributed by atoms with Gasteiger partial charge in [-0.25, -0.2) is 8.78 Å². The summed E-state index contributed by atoms with van der Waals surface area (Å²) in [7, 11) is 0. The molecule has 0 spiro atoms. The van der Waals surface area contributed by atoms with Gasteiger partial charge in [-0.05, 0) is 35.4 Å². The summed E-state index contributed by atoms with van der Waals surface area (Å²) in [5, 5.41) is 5.80. The van der Waals surface area contributed by atoms with E-state index in [1.165, 1.54) is 18.2 Å². The molecule has 2 aromatic rings. The van der Waals surface area contributed by atoms with Crippen molar-refractivity contribution < 1.29 is 13.6 Å². The van der Waals surface area contributed by atoms with Crippen LogP contribution in [0.1, 0.15) is 23.0 Å². The van der Waals surface area contributed by atoms with E-state index in [0.29, 0.717) is 30.8 Å². The first-order chi connectivity index (χ1) is 11.5. The lowest BCUT2D eigenvalue weighted by molar-refractivity contribution is -0.105. The SMILES string of the molecule is O=CNc1cc(Cl)c(F)cc1[C@@H]1CNC[C@@H]1c1ccc(F)c(Cl)c1. The molecule has 1 fully saturated rings. The zero-order chi connectivity index (χ0) is 17.3. The molecule has 0 bridgehead atoms. The van der Waals surface area contributed by atoms with Crippen molar-refractivity contribution >= 4 is 35.3 Å². The lowest BCUT2D eigenvalue weighted by Gasteiger charge is -2.22. The molecular formula is C17H14Cl2F2N2O. The van der Waals surface area contributed by atoms with Crippen LogP contribution >= 0.6 is 23.2 Å². The second kappa shape index (κ2) is 7.05. The van der Waals surface area contributed by atoms with Crippen LogP contribution in [0.5, 0.6) is 0 Å². The van der Waals surface area contributed by atoms with Gasteiger partial charge in [0, 0.05) is 30.6 Å². The van der Waals surface area contributed by atoms with Gasteiger partial charge in [-0.2, -0.15) is 0 Å². The molecule has 3 rings (SSSR count). The highest BCUT2D eigenvalue weighted by atomic mass is 35.5. The van der Waals surface area contributed by atoms with E-state index < -0.39 is 11.6 Å². The highest BCUT2D eigenvalue weighted by Gasteiger charge is 2.32. The standard InChI is InChI=1S/C17H14Cl2F2N2O/c18-13-3-9(1-2-15(13)20)11-6-22-7-12(11)10-4-16(21)14(19)5-17(10)23-8-24/h1-5,8,11-12,22H,6-7H2,(H,23,24)/t11-,12+/m1/s1. The first-order valence-electron chi connectivity index (χ1n) is 7.36. The Morgan fingerprint density at radius 2 is 1.75 bits per heavy atom. The Balaban J connectivity index is 2.02. The highest BCUT2D eigenvalue weighted by molar-refractivity contribution is 6.31. The summed E-state index contributed by atoms with van der Waals surface area (Å²) >= 11 is 11.7. The summed E-state index contributed by atoms with van der Waals surface area (Å²) < 4.78 is 27.4. The van der Waals surface area contributed by atoms with Gasteiger partial charge in [-0.15, -0.1) is 0 Å². The fourth-order valence-electron chi connectivity index (χ4n) is 3.16. The predicted octanol–water partition coefficient (Wildman–Crippen LogP) is 4.31. The Labute approximate surface area is 148 Å². The van der Waals surface area contributed by atoms with Gasteiger partial charge in [0.2, 0.25) is 6.41 Å². The fraction of sp³-hybridized carbons (Fsp3) is 0.235. The van der Waals surface area contributed by atoms with E-state index in [0.717, 1.165) is 5.56 Å². The van der Waals surface area contributed by atoms with Crippen molar-refractivity contribution in [3.05, 3.63) is 63.1 Å². The molecule has 1 saturated heterocycles. The van der Waals surface area contributed by atoms with E-state index in [-0.39, 0.29) is 21.9 Å². The van der Waals surface area contributed by atoms with Crippen LogP contribution < -0.4 is 10.6 Å². The number of amides is 1. The van der Waals surface area contributed by atoms with E-state index in [2.05, 4.69) is 10.6 Å². The van der Waals surface area contributed by atoms with Crippen LogP contribution in [-0.2, 0) is 4.79 Å². The third kappa shape index (κ3) is 3.24. The van der Waals surface area contributed by atoms with Crippen molar-refractivity contribution in [3.63, 3.8) is 0 Å². The summed E-state index contributed by atoms with van der Waals surface area (Å²) in [6, 6.07) is 7.31. The van der Waals surface area contributed by atoms with Crippen LogP contribution in [0.4, 0.5) is 14.5 Å². The number of anilines is 1. The van der Waals surface area contributed by atoms with Crippen LogP contribution in [0, 0.1) is 11.6 Å². The molecule has 24 heavy (non-hydrogen) atoms. The smallest absolute Gasteiger partial charge is 0.211 e. The quantitative estimate of drug-likeness (QED) is 0.787. The molecule has 0 aliphatic carbocycles. The number of rotatable bonds is 4. The van der Waals surface area contributed by atoms with Crippen LogP contribution in [0.15, 0.2) is 30.3 Å². The lowest BCUT2D eigenvalue weighted by Crippen LogP contribution is -2.12. The van der Waals surface area contributed by atoms with Gasteiger partial charge < -0.3 is 10.6 Å². The molecule has 1 heterocycles. The van der Waals surface area contributed by atoms with Gasteiger partial charge in [0.05, 0.1) is 10.0 Å². The van der Waals surface area contributed by atoms with Gasteiger partial charge in [-0.3, -0.25) is 4.79 Å². The monoisotopic (exact) mass is 370 g/mol. The summed E-state index contributed by atoms with van der Waals surface area (Å²) in [5.74, 6) is -1.17. The number of carbonyl (C=O) groups is 1. The maximum absolute atomic E-state index is 14.0. The van der Waals surface area contributed by atoms with Gasteiger partial charge in [0.25, 0.3) is 0 Å². The van der Waals surface area contributed by atoms with Crippen LogP contribution in [-0.4, -0.2) is 19.5 Å². The first kappa shape index (κ1) is 17.1. The Kier molecular flexibility index (Phi) is 5.04. The predicted molar refractivity (Wildman–Crippen MR) is 90.9 cm³/mol. The van der Waals surface area contributed by atoms with E-state index in [1.807, 2.05) is 0 Å². The van der Waals surface area contributed by atoms with Crippen molar-refractivity contribution in [2.75, 3.05) is 18.4 Å². The first-order valence-corrected chi connectivity index (χ1v) is 8.11. The topological polar surface area (TPSA) is 41.1 Å². The second-order valence-electron chi connectivity index (χ2n) is 5.66. The van der Waals surface area contributed by atoms with Crippen molar-refractivity contribution in [1.29, 1.82) is 0 Å². The van der Waals surface area contributed by atoms with Gasteiger partial charge in [-0.1, -0.05) is 29.3 Å². The van der Waals surface area contributed by atoms with Crippen molar-refractivity contribution in [2.24, 2.45) is 0 Å². The van der Waals surface area contributed by atoms with Gasteiger partial charge in [0.15, 0.2) is 0 Å². The van der Waals surface area contributed by atoms with E-state index in [9.17, 15) is 13.6 Å². The van der Waals surface area contributed by atoms with Crippen molar-refractivity contribution in [3.8, 4) is 0 Å². The summed E-state index contributed by atoms with van der Waals surface area (Å²) in [5.41, 5.74) is 1.95. The fourth-order valence-corrected chi connectivity index (χ4v) is 3.51. The molecule has 2 atom stereocenters. The van der Waals surface area contributed by atoms with Crippen molar-refractivity contribution in [1.82, 2.24) is 5.32 Å². The molecule has 126 valence electrons. The minimum Gasteiger partial charge on any atom is -0.328 e. The zero-order valence-electron chi connectivity index (χ0n) is 12.5. The van der Waals surface area contributed by atoms with Crippen LogP contribution in [0.3, 0.4) is 0 Å². The van der Waals surface area contributed by atoms with Gasteiger partial charge in [0.1, 0.15) is 11.6 Å². The maximum atomic E-state index is 14.0. The van der Waals surface area contributed by atoms with E-state index in [1.54, 1.807) is 12.1 Å². The van der Waals surface area contributed by atoms with E-state index in [4.69, 9.17) is 23.2 Å². The highest BCUT2D eigenvalue weighted by Crippen LogP contribution is 2.41. The largest absolute Gasteiger partial charge is 0.328 e. The average molecular weight is 371 g/mol. The molecule has 0 unspecified atom stereocenters. The Morgan fingerprint density at radius 1 is 1.04 bits per heavy atom. The normalized spacial score (nSPS) is 20.2. The molecule has 0 radical (unpaired) electrons. The molecule has 7 heteroatoms. The number of carbonyl (C=O) groups excluding carboxylic acids is 1. The minimum absolute atomic E-state index is 0.0316. The number of halogens is 4. The molecular weight excluding hydrogens is 357 g/mol. The molecule has 0 saturated carbocycles. The third-order valence-electron chi connectivity index (χ3n) is 4.29. The molecule has 2 aromatic carbocycles. The summed E-state index contributed by atoms with van der Waals surface area (Å²) in [4.78, 5) is 10.8. The lowest BCUT2D eigenvalue weighted by atomic mass is 9.83. The second-order valence-corrected chi connectivity index (χ2v) is 6.47. The van der Waals surface area contributed by atoms with Crippen molar-refractivity contribution in [2.45, 2.75) is 11.8 Å². The number of benzene rings is 2. The molecule has 2 N–H and O–H groups in total. The molecule has 3 nitrogen and oxygen atoms in total. The molecule has 0 aromatic heterocycles. The molecule has 1 aliphatic heterocycles. The van der Waals surface area contributed by atoms with Crippen LogP contribution in [0.25, 0.3) is 0 Å². The molecule has 1 amide bonds. The Morgan fingerprint density at radius 3 is 2.46 bits per heavy atom. The number of hydrogen-bond acceptors (Lipinski definition) is 2. The maximum Gasteiger partial charge on any atom is 0.211 e. The number of nitrogens with one attached hydrogen (secondary N) is 2. The van der Waals surface area contributed by atoms with Crippen LogP contribution in [0.2, 0.25) is 10.0 Å². The Bertz CT molecular complexity index is 785. The minimum atomic E-state index is -0.550.